The highest BCUT2D eigenvalue weighted by molar-refractivity contribution is 5.99. The molecule has 144 valence electrons. The standard InChI is InChI=1S/C21H27N3O3/c1-4-9-24-16-7-5-15(20(24)25)12-23(13-16)21(26)19-10-14-6-8-17(27-3)11-18(14)22(19)2/h6,8,10-11,15-16H,4-5,7,9,12-13H2,1-3H3/t15-,16+/m0/s1. The number of piperidine rings is 1. The zero-order valence-electron chi connectivity index (χ0n) is 16.3. The van der Waals surface area contributed by atoms with Crippen molar-refractivity contribution in [1.29, 1.82) is 0 Å². The van der Waals surface area contributed by atoms with Gasteiger partial charge in [-0.15, -0.1) is 0 Å². The van der Waals surface area contributed by atoms with Crippen LogP contribution >= 0.6 is 0 Å². The molecule has 0 unspecified atom stereocenters. The van der Waals surface area contributed by atoms with Crippen LogP contribution in [0.3, 0.4) is 0 Å². The Morgan fingerprint density at radius 2 is 2.04 bits per heavy atom. The van der Waals surface area contributed by atoms with E-state index >= 15 is 0 Å². The van der Waals surface area contributed by atoms with E-state index in [0.29, 0.717) is 18.8 Å². The van der Waals surface area contributed by atoms with Crippen LogP contribution < -0.4 is 4.74 Å². The molecule has 3 aliphatic rings. The molecule has 3 fully saturated rings. The van der Waals surface area contributed by atoms with Crippen molar-refractivity contribution in [1.82, 2.24) is 14.4 Å². The van der Waals surface area contributed by atoms with Crippen LogP contribution in [0.4, 0.5) is 0 Å². The lowest BCUT2D eigenvalue weighted by Gasteiger charge is -2.35. The van der Waals surface area contributed by atoms with E-state index in [1.807, 2.05) is 45.7 Å². The average molecular weight is 369 g/mol. The summed E-state index contributed by atoms with van der Waals surface area (Å²) in [7, 11) is 3.55. The molecule has 6 nitrogen and oxygen atoms in total. The Morgan fingerprint density at radius 3 is 2.78 bits per heavy atom. The van der Waals surface area contributed by atoms with Crippen molar-refractivity contribution in [3.63, 3.8) is 0 Å². The molecule has 5 rings (SSSR count). The molecule has 27 heavy (non-hydrogen) atoms. The van der Waals surface area contributed by atoms with Gasteiger partial charge in [-0.2, -0.15) is 0 Å². The number of amides is 2. The predicted octanol–water partition coefficient (Wildman–Crippen LogP) is 2.66. The lowest BCUT2D eigenvalue weighted by Crippen LogP contribution is -2.48. The molecule has 3 saturated heterocycles. The first-order valence-electron chi connectivity index (χ1n) is 9.76. The van der Waals surface area contributed by atoms with Gasteiger partial charge < -0.3 is 19.1 Å². The van der Waals surface area contributed by atoms with Crippen molar-refractivity contribution in [3.05, 3.63) is 30.0 Å². The summed E-state index contributed by atoms with van der Waals surface area (Å²) in [5, 5.41) is 1.02. The molecule has 0 aliphatic carbocycles. The molecule has 2 amide bonds. The first kappa shape index (κ1) is 17.9. The molecule has 2 bridgehead atoms. The Labute approximate surface area is 159 Å². The fourth-order valence-electron chi connectivity index (χ4n) is 4.55. The van der Waals surface area contributed by atoms with E-state index in [2.05, 4.69) is 6.92 Å². The molecule has 3 aliphatic heterocycles. The number of hydrogen-bond donors (Lipinski definition) is 0. The van der Waals surface area contributed by atoms with Gasteiger partial charge in [-0.1, -0.05) is 6.92 Å². The Morgan fingerprint density at radius 1 is 1.22 bits per heavy atom. The highest BCUT2D eigenvalue weighted by Crippen LogP contribution is 2.31. The topological polar surface area (TPSA) is 54.8 Å². The third-order valence-electron chi connectivity index (χ3n) is 6.02. The van der Waals surface area contributed by atoms with Crippen molar-refractivity contribution in [2.24, 2.45) is 13.0 Å². The molecule has 2 atom stereocenters. The van der Waals surface area contributed by atoms with Gasteiger partial charge in [-0.3, -0.25) is 9.59 Å². The van der Waals surface area contributed by atoms with E-state index in [0.717, 1.165) is 42.5 Å². The normalized spacial score (nSPS) is 22.4. The molecular formula is C21H27N3O3. The van der Waals surface area contributed by atoms with E-state index in [-0.39, 0.29) is 23.8 Å². The molecule has 0 saturated carbocycles. The molecule has 0 spiro atoms. The number of methoxy groups -OCH3 is 1. The second-order valence-electron chi connectivity index (χ2n) is 7.68. The van der Waals surface area contributed by atoms with Gasteiger partial charge in [-0.25, -0.2) is 0 Å². The SMILES string of the molecule is CCCN1C(=O)[C@H]2CC[C@@H]1CN(C(=O)c1cc3ccc(OC)cc3n1C)C2. The fourth-order valence-corrected chi connectivity index (χ4v) is 4.55. The Balaban J connectivity index is 1.64. The molecule has 1 aromatic carbocycles. The monoisotopic (exact) mass is 369 g/mol. The number of rotatable bonds is 4. The maximum Gasteiger partial charge on any atom is 0.270 e. The third kappa shape index (κ3) is 2.97. The van der Waals surface area contributed by atoms with E-state index < -0.39 is 0 Å². The number of carbonyl (C=O) groups excluding carboxylic acids is 2. The predicted molar refractivity (Wildman–Crippen MR) is 104 cm³/mol. The van der Waals surface area contributed by atoms with Gasteiger partial charge in [0.15, 0.2) is 0 Å². The van der Waals surface area contributed by atoms with Crippen LogP contribution in [0.1, 0.15) is 36.7 Å². The highest BCUT2D eigenvalue weighted by atomic mass is 16.5. The summed E-state index contributed by atoms with van der Waals surface area (Å²) < 4.78 is 7.24. The van der Waals surface area contributed by atoms with Crippen LogP contribution in [0.5, 0.6) is 5.75 Å². The van der Waals surface area contributed by atoms with Crippen molar-refractivity contribution in [3.8, 4) is 5.75 Å². The minimum absolute atomic E-state index is 0.00992. The summed E-state index contributed by atoms with van der Waals surface area (Å²) >= 11 is 0. The third-order valence-corrected chi connectivity index (χ3v) is 6.02. The maximum atomic E-state index is 13.3. The lowest BCUT2D eigenvalue weighted by molar-refractivity contribution is -0.139. The Hall–Kier alpha value is -2.50. The quantitative estimate of drug-likeness (QED) is 0.833. The lowest BCUT2D eigenvalue weighted by atomic mass is 9.94. The summed E-state index contributed by atoms with van der Waals surface area (Å²) in [6.45, 7) is 4.04. The fraction of sp³-hybridized carbons (Fsp3) is 0.524. The van der Waals surface area contributed by atoms with E-state index in [1.165, 1.54) is 0 Å². The number of fused-ring (bicyclic) bond motifs is 5. The van der Waals surface area contributed by atoms with E-state index in [9.17, 15) is 9.59 Å². The molecule has 2 aromatic rings. The minimum Gasteiger partial charge on any atom is -0.497 e. The van der Waals surface area contributed by atoms with Crippen LogP contribution in [-0.2, 0) is 11.8 Å². The molecule has 0 N–H and O–H groups in total. The second kappa shape index (κ2) is 6.91. The number of ether oxygens (including phenoxy) is 1. The molecule has 6 heteroatoms. The first-order chi connectivity index (χ1) is 13.0. The van der Waals surface area contributed by atoms with Crippen LogP contribution in [0.15, 0.2) is 24.3 Å². The molecule has 0 radical (unpaired) electrons. The Kier molecular flexibility index (Phi) is 4.58. The summed E-state index contributed by atoms with van der Waals surface area (Å²) in [4.78, 5) is 30.0. The molecule has 4 heterocycles. The Bertz CT molecular complexity index is 888. The van der Waals surface area contributed by atoms with Gasteiger partial charge in [0, 0.05) is 44.2 Å². The van der Waals surface area contributed by atoms with Crippen LogP contribution in [-0.4, -0.2) is 59.0 Å². The smallest absolute Gasteiger partial charge is 0.270 e. The van der Waals surface area contributed by atoms with Gasteiger partial charge in [0.1, 0.15) is 11.4 Å². The summed E-state index contributed by atoms with van der Waals surface area (Å²) in [5.41, 5.74) is 1.63. The van der Waals surface area contributed by atoms with E-state index in [4.69, 9.17) is 4.74 Å². The van der Waals surface area contributed by atoms with Gasteiger partial charge >= 0.3 is 0 Å². The number of nitrogens with zero attached hydrogens (tertiary/aromatic N) is 3. The van der Waals surface area contributed by atoms with Gasteiger partial charge in [-0.05, 0) is 37.5 Å². The number of hydrogen-bond acceptors (Lipinski definition) is 3. The average Bonchev–Trinajstić information content (AvgIpc) is 2.82. The first-order valence-corrected chi connectivity index (χ1v) is 9.76. The number of benzene rings is 1. The van der Waals surface area contributed by atoms with Crippen molar-refractivity contribution in [2.75, 3.05) is 26.7 Å². The van der Waals surface area contributed by atoms with Crippen LogP contribution in [0.2, 0.25) is 0 Å². The van der Waals surface area contributed by atoms with Crippen LogP contribution in [0, 0.1) is 5.92 Å². The largest absolute Gasteiger partial charge is 0.497 e. The van der Waals surface area contributed by atoms with E-state index in [1.54, 1.807) is 7.11 Å². The second-order valence-corrected chi connectivity index (χ2v) is 7.68. The van der Waals surface area contributed by atoms with Gasteiger partial charge in [0.05, 0.1) is 18.5 Å². The summed E-state index contributed by atoms with van der Waals surface area (Å²) in [6.07, 6.45) is 2.83. The minimum atomic E-state index is -0.0611. The van der Waals surface area contributed by atoms with Crippen molar-refractivity contribution >= 4 is 22.7 Å². The van der Waals surface area contributed by atoms with Crippen molar-refractivity contribution in [2.45, 2.75) is 32.2 Å². The van der Waals surface area contributed by atoms with Crippen molar-refractivity contribution < 1.29 is 14.3 Å². The zero-order valence-corrected chi connectivity index (χ0v) is 16.3. The molecular weight excluding hydrogens is 342 g/mol. The zero-order chi connectivity index (χ0) is 19.1. The van der Waals surface area contributed by atoms with Gasteiger partial charge in [0.2, 0.25) is 5.91 Å². The maximum absolute atomic E-state index is 13.3. The molecule has 1 aromatic heterocycles. The summed E-state index contributed by atoms with van der Waals surface area (Å²) in [5.74, 6) is 0.950. The number of aryl methyl sites for hydroxylation is 1. The van der Waals surface area contributed by atoms with Gasteiger partial charge in [0.25, 0.3) is 5.91 Å². The van der Waals surface area contributed by atoms with Crippen LogP contribution in [0.25, 0.3) is 10.9 Å². The summed E-state index contributed by atoms with van der Waals surface area (Å²) in [6, 6.07) is 7.92. The number of carbonyl (C=O) groups is 2. The highest BCUT2D eigenvalue weighted by Gasteiger charge is 2.41. The number of aromatic nitrogens is 1.